The zero-order chi connectivity index (χ0) is 17.9. The number of hydrogen-bond donors (Lipinski definition) is 2. The number of aromatic amines is 1. The van der Waals surface area contributed by atoms with Gasteiger partial charge in [-0.2, -0.15) is 4.98 Å². The number of carbonyl (C=O) groups is 2. The number of rotatable bonds is 5. The number of furan rings is 1. The molecule has 0 fully saturated rings. The van der Waals surface area contributed by atoms with E-state index in [0.717, 1.165) is 0 Å². The Bertz CT molecular complexity index is 765. The molecule has 1 amide bonds. The normalized spacial score (nSPS) is 11.8. The van der Waals surface area contributed by atoms with Gasteiger partial charge in [-0.3, -0.25) is 4.79 Å². The average Bonchev–Trinajstić information content (AvgIpc) is 3.08. The van der Waals surface area contributed by atoms with E-state index in [2.05, 4.69) is 10.3 Å². The topological polar surface area (TPSA) is 109 Å². The van der Waals surface area contributed by atoms with Crippen LogP contribution in [-0.4, -0.2) is 18.5 Å². The summed E-state index contributed by atoms with van der Waals surface area (Å²) in [7, 11) is 0. The minimum atomic E-state index is -0.897. The van der Waals surface area contributed by atoms with Crippen LogP contribution in [0, 0.1) is 0 Å². The van der Waals surface area contributed by atoms with Crippen molar-refractivity contribution in [1.29, 1.82) is 0 Å². The van der Waals surface area contributed by atoms with Gasteiger partial charge in [-0.1, -0.05) is 23.2 Å². The Labute approximate surface area is 152 Å². The number of esters is 1. The molecule has 2 rings (SSSR count). The summed E-state index contributed by atoms with van der Waals surface area (Å²) >= 11 is 17.5. The van der Waals surface area contributed by atoms with Crippen LogP contribution in [-0.2, 0) is 9.53 Å². The minimum absolute atomic E-state index is 0.0109. The Morgan fingerprint density at radius 3 is 2.71 bits per heavy atom. The lowest BCUT2D eigenvalue weighted by molar-refractivity contribution is -0.380. The average molecular weight is 394 g/mol. The molecule has 2 heterocycles. The summed E-state index contributed by atoms with van der Waals surface area (Å²) in [5.41, 5.74) is 5.37. The van der Waals surface area contributed by atoms with E-state index < -0.39 is 18.5 Å². The van der Waals surface area contributed by atoms with Crippen molar-refractivity contribution in [2.45, 2.75) is 13.0 Å². The molecule has 0 saturated heterocycles. The van der Waals surface area contributed by atoms with Crippen LogP contribution >= 0.6 is 34.8 Å². The van der Waals surface area contributed by atoms with Crippen molar-refractivity contribution in [2.75, 3.05) is 12.3 Å². The van der Waals surface area contributed by atoms with Gasteiger partial charge in [-0.25, -0.2) is 4.79 Å². The molecule has 0 aliphatic rings. The summed E-state index contributed by atoms with van der Waals surface area (Å²) < 4.78 is 10.0. The number of H-pyrrole nitrogens is 1. The SMILES string of the molecule is C[C@@H](NC(=O)COC(=O)c1[nH+]c(Cl)c(Cl)c(N)c1Cl)c1ccco1. The number of hydrogen-bond acceptors (Lipinski definition) is 5. The Balaban J connectivity index is 1.97. The fourth-order valence-electron chi connectivity index (χ4n) is 1.80. The monoisotopic (exact) mass is 392 g/mol. The Kier molecular flexibility index (Phi) is 5.93. The van der Waals surface area contributed by atoms with Gasteiger partial charge < -0.3 is 20.2 Å². The second-order valence-corrected chi connectivity index (χ2v) is 5.87. The molecule has 10 heteroatoms. The highest BCUT2D eigenvalue weighted by atomic mass is 35.5. The molecule has 0 aromatic carbocycles. The van der Waals surface area contributed by atoms with E-state index in [1.165, 1.54) is 6.26 Å². The molecule has 0 aliphatic carbocycles. The third kappa shape index (κ3) is 4.11. The first kappa shape index (κ1) is 18.4. The summed E-state index contributed by atoms with van der Waals surface area (Å²) in [4.78, 5) is 26.3. The standard InChI is InChI=1S/C14H12Cl3N3O4/c1-6(7-3-2-4-23-7)19-8(21)5-24-14(22)12-9(15)11(18)10(16)13(17)20-12/h2-4,6H,5H2,1H3,(H2,18,20)(H,19,21)/p+1/t6-/m1/s1. The largest absolute Gasteiger partial charge is 0.467 e. The van der Waals surface area contributed by atoms with E-state index >= 15 is 0 Å². The van der Waals surface area contributed by atoms with Crippen LogP contribution in [0.3, 0.4) is 0 Å². The van der Waals surface area contributed by atoms with E-state index in [0.29, 0.717) is 5.76 Å². The smallest absolute Gasteiger partial charge is 0.405 e. The molecule has 1 atom stereocenters. The molecule has 0 spiro atoms. The number of nitrogens with one attached hydrogen (secondary N) is 2. The van der Waals surface area contributed by atoms with Crippen LogP contribution in [0.4, 0.5) is 5.69 Å². The van der Waals surface area contributed by atoms with Crippen molar-refractivity contribution in [1.82, 2.24) is 5.32 Å². The number of anilines is 1. The highest BCUT2D eigenvalue weighted by Crippen LogP contribution is 2.32. The molecule has 0 saturated carbocycles. The number of aromatic nitrogens is 1. The van der Waals surface area contributed by atoms with Gasteiger partial charge >= 0.3 is 11.7 Å². The van der Waals surface area contributed by atoms with E-state index in [4.69, 9.17) is 49.7 Å². The molecule has 7 nitrogen and oxygen atoms in total. The third-order valence-electron chi connectivity index (χ3n) is 3.01. The summed E-state index contributed by atoms with van der Waals surface area (Å²) in [6.45, 7) is 1.21. The number of ether oxygens (including phenoxy) is 1. The van der Waals surface area contributed by atoms with E-state index in [-0.39, 0.29) is 32.6 Å². The summed E-state index contributed by atoms with van der Waals surface area (Å²) in [6.07, 6.45) is 1.49. The van der Waals surface area contributed by atoms with Crippen LogP contribution in [0.25, 0.3) is 0 Å². The van der Waals surface area contributed by atoms with E-state index in [1.54, 1.807) is 19.1 Å². The first-order chi connectivity index (χ1) is 11.3. The number of nitrogen functional groups attached to an aromatic ring is 1. The highest BCUT2D eigenvalue weighted by molar-refractivity contribution is 6.45. The van der Waals surface area contributed by atoms with Gasteiger partial charge in [-0.15, -0.1) is 0 Å². The number of carbonyl (C=O) groups excluding carboxylic acids is 2. The molecule has 0 unspecified atom stereocenters. The second-order valence-electron chi connectivity index (χ2n) is 4.74. The molecule has 0 bridgehead atoms. The number of nitrogens with two attached hydrogens (primary N) is 1. The molecule has 4 N–H and O–H groups in total. The lowest BCUT2D eigenvalue weighted by atomic mass is 10.2. The fourth-order valence-corrected chi connectivity index (χ4v) is 2.41. The van der Waals surface area contributed by atoms with Gasteiger partial charge in [0, 0.05) is 0 Å². The van der Waals surface area contributed by atoms with Crippen LogP contribution in [0.15, 0.2) is 22.8 Å². The Morgan fingerprint density at radius 2 is 2.08 bits per heavy atom. The van der Waals surface area contributed by atoms with Crippen molar-refractivity contribution < 1.29 is 23.7 Å². The molecule has 0 aliphatic heterocycles. The zero-order valence-electron chi connectivity index (χ0n) is 12.4. The fraction of sp³-hybridized carbons (Fsp3) is 0.214. The van der Waals surface area contributed by atoms with E-state index in [1.807, 2.05) is 0 Å². The molecule has 2 aromatic heterocycles. The van der Waals surface area contributed by atoms with Crippen molar-refractivity contribution in [3.63, 3.8) is 0 Å². The predicted molar refractivity (Wildman–Crippen MR) is 88.0 cm³/mol. The molecular formula is C14H13Cl3N3O4+. The number of pyridine rings is 1. The van der Waals surface area contributed by atoms with Crippen LogP contribution in [0.5, 0.6) is 0 Å². The number of halogens is 3. The van der Waals surface area contributed by atoms with E-state index in [9.17, 15) is 9.59 Å². The van der Waals surface area contributed by atoms with Gasteiger partial charge in [-0.05, 0) is 30.7 Å². The quantitative estimate of drug-likeness (QED) is 0.599. The van der Waals surface area contributed by atoms with Crippen LogP contribution in [0.2, 0.25) is 15.2 Å². The minimum Gasteiger partial charge on any atom is -0.467 e. The highest BCUT2D eigenvalue weighted by Gasteiger charge is 2.28. The van der Waals surface area contributed by atoms with Crippen LogP contribution < -0.4 is 16.0 Å². The molecule has 24 heavy (non-hydrogen) atoms. The molecule has 2 aromatic rings. The van der Waals surface area contributed by atoms with Crippen molar-refractivity contribution in [3.8, 4) is 0 Å². The first-order valence-corrected chi connectivity index (χ1v) is 7.79. The van der Waals surface area contributed by atoms with Gasteiger partial charge in [0.15, 0.2) is 6.61 Å². The van der Waals surface area contributed by atoms with Crippen molar-refractivity contribution in [2.24, 2.45) is 0 Å². The molecule has 128 valence electrons. The Morgan fingerprint density at radius 1 is 1.38 bits per heavy atom. The van der Waals surface area contributed by atoms with Crippen molar-refractivity contribution in [3.05, 3.63) is 45.0 Å². The van der Waals surface area contributed by atoms with Crippen molar-refractivity contribution >= 4 is 52.4 Å². The number of amides is 1. The van der Waals surface area contributed by atoms with Gasteiger partial charge in [0.25, 0.3) is 11.1 Å². The van der Waals surface area contributed by atoms with Gasteiger partial charge in [0.2, 0.25) is 0 Å². The lowest BCUT2D eigenvalue weighted by Gasteiger charge is -2.11. The summed E-state index contributed by atoms with van der Waals surface area (Å²) in [5, 5.41) is 2.39. The maximum absolute atomic E-state index is 12.0. The summed E-state index contributed by atoms with van der Waals surface area (Å²) in [6, 6.07) is 3.04. The second kappa shape index (κ2) is 7.74. The Hall–Kier alpha value is -1.96. The van der Waals surface area contributed by atoms with Crippen LogP contribution in [0.1, 0.15) is 29.2 Å². The van der Waals surface area contributed by atoms with Gasteiger partial charge in [0.1, 0.15) is 15.8 Å². The first-order valence-electron chi connectivity index (χ1n) is 6.66. The molecular weight excluding hydrogens is 381 g/mol. The summed E-state index contributed by atoms with van der Waals surface area (Å²) in [5.74, 6) is -0.842. The maximum Gasteiger partial charge on any atom is 0.405 e. The van der Waals surface area contributed by atoms with Gasteiger partial charge in [0.05, 0.1) is 18.0 Å². The third-order valence-corrected chi connectivity index (χ3v) is 4.17. The zero-order valence-corrected chi connectivity index (χ0v) is 14.6. The predicted octanol–water partition coefficient (Wildman–Crippen LogP) is 2.67. The lowest BCUT2D eigenvalue weighted by Crippen LogP contribution is -2.32. The molecule has 0 radical (unpaired) electrons. The maximum atomic E-state index is 12.0.